The van der Waals surface area contributed by atoms with Crippen LogP contribution in [0.4, 0.5) is 8.78 Å². The number of hydrogen-bond donors (Lipinski definition) is 0. The quantitative estimate of drug-likeness (QED) is 0.816. The van der Waals surface area contributed by atoms with Crippen LogP contribution in [0, 0.1) is 29.4 Å². The Morgan fingerprint density at radius 2 is 1.62 bits per heavy atom. The lowest BCUT2D eigenvalue weighted by molar-refractivity contribution is -0.136. The molecular formula is C21H28F2N2O. The normalized spacial score (nSPS) is 27.5. The van der Waals surface area contributed by atoms with E-state index in [1.165, 1.54) is 37.8 Å². The van der Waals surface area contributed by atoms with Crippen LogP contribution in [0.2, 0.25) is 0 Å². The van der Waals surface area contributed by atoms with Crippen molar-refractivity contribution >= 4 is 5.91 Å². The van der Waals surface area contributed by atoms with Crippen LogP contribution >= 0.6 is 0 Å². The molecule has 0 radical (unpaired) electrons. The smallest absolute Gasteiger partial charge is 0.225 e. The van der Waals surface area contributed by atoms with Crippen molar-refractivity contribution in [1.82, 2.24) is 9.80 Å². The van der Waals surface area contributed by atoms with Crippen molar-refractivity contribution in [3.05, 3.63) is 35.4 Å². The van der Waals surface area contributed by atoms with E-state index in [1.807, 2.05) is 0 Å². The van der Waals surface area contributed by atoms with E-state index in [0.717, 1.165) is 56.4 Å². The molecule has 3 aliphatic rings. The van der Waals surface area contributed by atoms with Gasteiger partial charge in [0.2, 0.25) is 5.91 Å². The number of likely N-dealkylation sites (tertiary alicyclic amines) is 2. The molecule has 1 amide bonds. The average molecular weight is 362 g/mol. The largest absolute Gasteiger partial charge is 0.342 e. The first-order valence-electron chi connectivity index (χ1n) is 10.0. The number of hydrogen-bond acceptors (Lipinski definition) is 2. The molecule has 0 bridgehead atoms. The molecule has 1 saturated carbocycles. The van der Waals surface area contributed by atoms with E-state index in [9.17, 15) is 13.6 Å². The lowest BCUT2D eigenvalue weighted by Crippen LogP contribution is -2.41. The number of carbonyl (C=O) groups excluding carboxylic acids is 1. The van der Waals surface area contributed by atoms with Crippen LogP contribution in [0.5, 0.6) is 0 Å². The summed E-state index contributed by atoms with van der Waals surface area (Å²) in [4.78, 5) is 17.3. The van der Waals surface area contributed by atoms with Crippen LogP contribution in [0.1, 0.15) is 44.1 Å². The van der Waals surface area contributed by atoms with Gasteiger partial charge in [0.05, 0.1) is 0 Å². The van der Waals surface area contributed by atoms with E-state index >= 15 is 0 Å². The first-order valence-corrected chi connectivity index (χ1v) is 10.0. The number of nitrogens with zero attached hydrogens (tertiary/aromatic N) is 2. The zero-order valence-corrected chi connectivity index (χ0v) is 15.3. The van der Waals surface area contributed by atoms with Crippen molar-refractivity contribution in [2.75, 3.05) is 26.2 Å². The highest BCUT2D eigenvalue weighted by Crippen LogP contribution is 2.37. The van der Waals surface area contributed by atoms with Gasteiger partial charge in [-0.2, -0.15) is 0 Å². The highest BCUT2D eigenvalue weighted by Gasteiger charge is 2.38. The first kappa shape index (κ1) is 17.9. The fourth-order valence-corrected chi connectivity index (χ4v) is 5.08. The summed E-state index contributed by atoms with van der Waals surface area (Å²) in [5, 5.41) is 0. The van der Waals surface area contributed by atoms with Crippen LogP contribution < -0.4 is 0 Å². The Morgan fingerprint density at radius 3 is 2.23 bits per heavy atom. The summed E-state index contributed by atoms with van der Waals surface area (Å²) >= 11 is 0. The minimum absolute atomic E-state index is 0.136. The number of carbonyl (C=O) groups is 1. The van der Waals surface area contributed by atoms with Gasteiger partial charge in [-0.15, -0.1) is 0 Å². The molecule has 3 fully saturated rings. The van der Waals surface area contributed by atoms with E-state index < -0.39 is 11.6 Å². The first-order chi connectivity index (χ1) is 12.6. The Hall–Kier alpha value is -1.49. The van der Waals surface area contributed by atoms with Gasteiger partial charge in [-0.1, -0.05) is 18.9 Å². The molecule has 2 aliphatic heterocycles. The summed E-state index contributed by atoms with van der Waals surface area (Å²) in [7, 11) is 0. The Balaban J connectivity index is 1.28. The molecule has 4 rings (SSSR count). The molecule has 2 atom stereocenters. The number of benzene rings is 1. The Kier molecular flexibility index (Phi) is 5.25. The second-order valence-corrected chi connectivity index (χ2v) is 8.35. The van der Waals surface area contributed by atoms with Gasteiger partial charge >= 0.3 is 0 Å². The zero-order valence-electron chi connectivity index (χ0n) is 15.3. The SMILES string of the molecule is O=C(C1CCN(Cc2ccc(F)c(F)c2)CC1)N1CC2CCCCC2C1. The van der Waals surface area contributed by atoms with Gasteiger partial charge in [-0.3, -0.25) is 9.69 Å². The standard InChI is InChI=1S/C21H28F2N2O/c22-19-6-5-15(11-20(19)23)12-24-9-7-16(8-10-24)21(26)25-13-17-3-1-2-4-18(17)14-25/h5-6,11,16-18H,1-4,7-10,12-14H2. The molecule has 2 heterocycles. The monoisotopic (exact) mass is 362 g/mol. The van der Waals surface area contributed by atoms with Crippen LogP contribution in [-0.4, -0.2) is 41.9 Å². The third-order valence-corrected chi connectivity index (χ3v) is 6.61. The molecule has 1 aromatic rings. The molecule has 2 unspecified atom stereocenters. The van der Waals surface area contributed by atoms with Crippen LogP contribution in [0.25, 0.3) is 0 Å². The predicted octanol–water partition coefficient (Wildman–Crippen LogP) is 3.83. The number of fused-ring (bicyclic) bond motifs is 1. The number of amides is 1. The van der Waals surface area contributed by atoms with E-state index in [1.54, 1.807) is 6.07 Å². The van der Waals surface area contributed by atoms with Crippen LogP contribution in [-0.2, 0) is 11.3 Å². The number of piperidine rings is 1. The topological polar surface area (TPSA) is 23.6 Å². The molecule has 142 valence electrons. The molecule has 0 N–H and O–H groups in total. The van der Waals surface area contributed by atoms with Gasteiger partial charge in [0, 0.05) is 25.6 Å². The minimum atomic E-state index is -0.802. The number of rotatable bonds is 3. The third-order valence-electron chi connectivity index (χ3n) is 6.61. The van der Waals surface area contributed by atoms with Crippen molar-refractivity contribution in [2.45, 2.75) is 45.1 Å². The summed E-state index contributed by atoms with van der Waals surface area (Å²) in [5.41, 5.74) is 0.789. The van der Waals surface area contributed by atoms with Crippen molar-refractivity contribution in [3.8, 4) is 0 Å². The maximum Gasteiger partial charge on any atom is 0.225 e. The van der Waals surface area contributed by atoms with Gasteiger partial charge < -0.3 is 4.90 Å². The molecule has 1 aromatic carbocycles. The Labute approximate surface area is 154 Å². The second-order valence-electron chi connectivity index (χ2n) is 8.35. The van der Waals surface area contributed by atoms with Crippen molar-refractivity contribution < 1.29 is 13.6 Å². The van der Waals surface area contributed by atoms with Crippen LogP contribution in [0.15, 0.2) is 18.2 Å². The molecule has 2 saturated heterocycles. The van der Waals surface area contributed by atoms with Gasteiger partial charge in [-0.05, 0) is 68.3 Å². The Bertz CT molecular complexity index is 643. The highest BCUT2D eigenvalue weighted by molar-refractivity contribution is 5.79. The van der Waals surface area contributed by atoms with E-state index in [2.05, 4.69) is 9.80 Å². The summed E-state index contributed by atoms with van der Waals surface area (Å²) in [5.74, 6) is 0.373. The Morgan fingerprint density at radius 1 is 0.962 bits per heavy atom. The third kappa shape index (κ3) is 3.78. The average Bonchev–Trinajstić information content (AvgIpc) is 3.09. The second kappa shape index (κ2) is 7.63. The summed E-state index contributed by atoms with van der Waals surface area (Å²) in [6, 6.07) is 4.11. The van der Waals surface area contributed by atoms with Crippen LogP contribution in [0.3, 0.4) is 0 Å². The lowest BCUT2D eigenvalue weighted by Gasteiger charge is -2.33. The molecule has 0 aromatic heterocycles. The van der Waals surface area contributed by atoms with Crippen molar-refractivity contribution in [3.63, 3.8) is 0 Å². The summed E-state index contributed by atoms with van der Waals surface area (Å²) in [6.07, 6.45) is 6.97. The highest BCUT2D eigenvalue weighted by atomic mass is 19.2. The lowest BCUT2D eigenvalue weighted by atomic mass is 9.82. The van der Waals surface area contributed by atoms with Crippen molar-refractivity contribution in [1.29, 1.82) is 0 Å². The number of halogens is 2. The maximum atomic E-state index is 13.4. The summed E-state index contributed by atoms with van der Waals surface area (Å²) < 4.78 is 26.4. The fraction of sp³-hybridized carbons (Fsp3) is 0.667. The molecule has 5 heteroatoms. The fourth-order valence-electron chi connectivity index (χ4n) is 5.08. The zero-order chi connectivity index (χ0) is 18.1. The van der Waals surface area contributed by atoms with Gasteiger partial charge in [0.15, 0.2) is 11.6 Å². The summed E-state index contributed by atoms with van der Waals surface area (Å²) in [6.45, 7) is 4.25. The van der Waals surface area contributed by atoms with Gasteiger partial charge in [0.25, 0.3) is 0 Å². The molecule has 0 spiro atoms. The van der Waals surface area contributed by atoms with E-state index in [4.69, 9.17) is 0 Å². The minimum Gasteiger partial charge on any atom is -0.342 e. The van der Waals surface area contributed by atoms with E-state index in [0.29, 0.717) is 12.5 Å². The molecular weight excluding hydrogens is 334 g/mol. The van der Waals surface area contributed by atoms with Gasteiger partial charge in [0.1, 0.15) is 0 Å². The van der Waals surface area contributed by atoms with E-state index in [-0.39, 0.29) is 5.92 Å². The molecule has 3 nitrogen and oxygen atoms in total. The van der Waals surface area contributed by atoms with Gasteiger partial charge in [-0.25, -0.2) is 8.78 Å². The molecule has 26 heavy (non-hydrogen) atoms. The maximum absolute atomic E-state index is 13.4. The predicted molar refractivity (Wildman–Crippen MR) is 96.4 cm³/mol. The molecule has 1 aliphatic carbocycles. The van der Waals surface area contributed by atoms with Crippen molar-refractivity contribution in [2.24, 2.45) is 17.8 Å².